The van der Waals surface area contributed by atoms with Crippen molar-refractivity contribution < 1.29 is 14.6 Å². The lowest BCUT2D eigenvalue weighted by molar-refractivity contribution is -0.130. The minimum absolute atomic E-state index is 0.255. The van der Waals surface area contributed by atoms with Crippen LogP contribution >= 0.6 is 0 Å². The maximum absolute atomic E-state index is 11.9. The highest BCUT2D eigenvalue weighted by molar-refractivity contribution is 5.75. The second-order valence-electron chi connectivity index (χ2n) is 6.19. The summed E-state index contributed by atoms with van der Waals surface area (Å²) in [7, 11) is 6.00. The Hall–Kier alpha value is -0.650. The molecule has 0 aliphatic carbocycles. The van der Waals surface area contributed by atoms with E-state index in [1.807, 2.05) is 18.9 Å². The second kappa shape index (κ2) is 14.0. The zero-order valence-electron chi connectivity index (χ0n) is 15.0. The summed E-state index contributed by atoms with van der Waals surface area (Å²) < 4.78 is 5.08. The normalized spacial score (nSPS) is 12.6. The lowest BCUT2D eigenvalue weighted by atomic mass is 10.1. The van der Waals surface area contributed by atoms with E-state index >= 15 is 0 Å². The molecule has 0 spiro atoms. The first-order chi connectivity index (χ1) is 10.5. The molecule has 1 amide bonds. The highest BCUT2D eigenvalue weighted by Crippen LogP contribution is 2.10. The Morgan fingerprint density at radius 1 is 1.00 bits per heavy atom. The molecule has 1 unspecified atom stereocenters. The smallest absolute Gasteiger partial charge is 0.222 e. The van der Waals surface area contributed by atoms with Gasteiger partial charge in [-0.2, -0.15) is 0 Å². The van der Waals surface area contributed by atoms with Crippen LogP contribution in [0.15, 0.2) is 0 Å². The van der Waals surface area contributed by atoms with Crippen molar-refractivity contribution in [2.24, 2.45) is 0 Å². The molecule has 0 bridgehead atoms. The number of nitrogens with zero attached hydrogens (tertiary/aromatic N) is 2. The molecule has 0 saturated carbocycles. The first-order valence-electron chi connectivity index (χ1n) is 8.65. The molecule has 5 nitrogen and oxygen atoms in total. The average Bonchev–Trinajstić information content (AvgIpc) is 2.45. The van der Waals surface area contributed by atoms with Gasteiger partial charge in [0, 0.05) is 26.6 Å². The summed E-state index contributed by atoms with van der Waals surface area (Å²) in [5.74, 6) is 0.255. The molecule has 0 saturated heterocycles. The molecule has 22 heavy (non-hydrogen) atoms. The fourth-order valence-electron chi connectivity index (χ4n) is 2.34. The number of hydrogen-bond donors (Lipinski definition) is 1. The molecule has 0 aliphatic heterocycles. The molecule has 0 radical (unpaired) electrons. The highest BCUT2D eigenvalue weighted by atomic mass is 16.6. The Balaban J connectivity index is 3.44. The van der Waals surface area contributed by atoms with Gasteiger partial charge in [0.15, 0.2) is 6.29 Å². The van der Waals surface area contributed by atoms with E-state index in [9.17, 15) is 9.90 Å². The maximum Gasteiger partial charge on any atom is 0.222 e. The van der Waals surface area contributed by atoms with E-state index in [-0.39, 0.29) is 5.91 Å². The van der Waals surface area contributed by atoms with Crippen molar-refractivity contribution in [2.45, 2.75) is 64.6 Å². The number of aliphatic hydroxyl groups is 1. The van der Waals surface area contributed by atoms with Gasteiger partial charge in [-0.15, -0.1) is 0 Å². The molecular weight excluding hydrogens is 280 g/mol. The third-order valence-electron chi connectivity index (χ3n) is 3.73. The number of amides is 1. The third-order valence-corrected chi connectivity index (χ3v) is 3.73. The molecule has 5 heteroatoms. The Morgan fingerprint density at radius 3 is 2.27 bits per heavy atom. The number of aliphatic hydroxyl groups excluding tert-OH is 1. The van der Waals surface area contributed by atoms with Crippen LogP contribution in [0.1, 0.15) is 58.3 Å². The molecule has 1 N–H and O–H groups in total. The Labute approximate surface area is 136 Å². The number of ether oxygens (including phenoxy) is 1. The van der Waals surface area contributed by atoms with Gasteiger partial charge in [0.25, 0.3) is 0 Å². The summed E-state index contributed by atoms with van der Waals surface area (Å²) in [6, 6.07) is 0. The SMILES string of the molecule is CCOC(O)CCCCCCCC(=O)N(C)CCCN(C)C. The van der Waals surface area contributed by atoms with E-state index in [0.29, 0.717) is 19.4 Å². The van der Waals surface area contributed by atoms with Crippen molar-refractivity contribution in [1.29, 1.82) is 0 Å². The molecule has 0 rings (SSSR count). The van der Waals surface area contributed by atoms with Gasteiger partial charge in [-0.25, -0.2) is 0 Å². The molecule has 0 aromatic carbocycles. The maximum atomic E-state index is 11.9. The molecule has 132 valence electrons. The molecule has 0 fully saturated rings. The zero-order chi connectivity index (χ0) is 16.8. The van der Waals surface area contributed by atoms with Crippen molar-refractivity contribution in [3.63, 3.8) is 0 Å². The fourth-order valence-corrected chi connectivity index (χ4v) is 2.34. The Morgan fingerprint density at radius 2 is 1.64 bits per heavy atom. The summed E-state index contributed by atoms with van der Waals surface area (Å²) in [5, 5.41) is 9.42. The van der Waals surface area contributed by atoms with E-state index in [1.54, 1.807) is 0 Å². The van der Waals surface area contributed by atoms with Crippen molar-refractivity contribution >= 4 is 5.91 Å². The molecule has 0 aliphatic rings. The summed E-state index contributed by atoms with van der Waals surface area (Å²) >= 11 is 0. The van der Waals surface area contributed by atoms with E-state index in [0.717, 1.165) is 51.6 Å². The fraction of sp³-hybridized carbons (Fsp3) is 0.941. The van der Waals surface area contributed by atoms with E-state index in [2.05, 4.69) is 19.0 Å². The first kappa shape index (κ1) is 21.4. The number of carbonyl (C=O) groups is 1. The quantitative estimate of drug-likeness (QED) is 0.395. The summed E-state index contributed by atoms with van der Waals surface area (Å²) in [4.78, 5) is 15.9. The Bertz CT molecular complexity index is 273. The number of hydrogen-bond acceptors (Lipinski definition) is 4. The van der Waals surface area contributed by atoms with Crippen LogP contribution in [0, 0.1) is 0 Å². The standard InChI is InChI=1S/C17H36N2O3/c1-5-22-17(21)13-10-8-6-7-9-12-16(20)19(4)15-11-14-18(2)3/h17,21H,5-15H2,1-4H3. The van der Waals surface area contributed by atoms with Crippen LogP contribution in [0.2, 0.25) is 0 Å². The second-order valence-corrected chi connectivity index (χ2v) is 6.19. The number of carbonyl (C=O) groups excluding carboxylic acids is 1. The van der Waals surface area contributed by atoms with Crippen LogP contribution in [-0.2, 0) is 9.53 Å². The molecule has 0 heterocycles. The molecular formula is C17H36N2O3. The zero-order valence-corrected chi connectivity index (χ0v) is 15.0. The summed E-state index contributed by atoms with van der Waals surface area (Å²) in [5.41, 5.74) is 0. The Kier molecular flexibility index (Phi) is 13.6. The van der Waals surface area contributed by atoms with Gasteiger partial charge >= 0.3 is 0 Å². The van der Waals surface area contributed by atoms with Gasteiger partial charge in [0.2, 0.25) is 5.91 Å². The predicted octanol–water partition coefficient (Wildman–Crippen LogP) is 2.48. The number of rotatable bonds is 14. The van der Waals surface area contributed by atoms with Gasteiger partial charge < -0.3 is 19.6 Å². The van der Waals surface area contributed by atoms with E-state index < -0.39 is 6.29 Å². The van der Waals surface area contributed by atoms with Crippen LogP contribution < -0.4 is 0 Å². The van der Waals surface area contributed by atoms with Gasteiger partial charge in [-0.1, -0.05) is 19.3 Å². The first-order valence-corrected chi connectivity index (χ1v) is 8.65. The van der Waals surface area contributed by atoms with Gasteiger partial charge in [0.1, 0.15) is 0 Å². The van der Waals surface area contributed by atoms with Crippen LogP contribution in [0.3, 0.4) is 0 Å². The van der Waals surface area contributed by atoms with Crippen LogP contribution in [-0.4, -0.2) is 67.9 Å². The largest absolute Gasteiger partial charge is 0.368 e. The van der Waals surface area contributed by atoms with E-state index in [1.165, 1.54) is 0 Å². The highest BCUT2D eigenvalue weighted by Gasteiger charge is 2.08. The summed E-state index contributed by atoms with van der Waals surface area (Å²) in [6.07, 6.45) is 7.03. The lowest BCUT2D eigenvalue weighted by Crippen LogP contribution is -2.29. The third kappa shape index (κ3) is 13.0. The molecule has 1 atom stereocenters. The van der Waals surface area contributed by atoms with Crippen LogP contribution in [0.25, 0.3) is 0 Å². The van der Waals surface area contributed by atoms with E-state index in [4.69, 9.17) is 4.74 Å². The van der Waals surface area contributed by atoms with Crippen molar-refractivity contribution in [2.75, 3.05) is 40.8 Å². The topological polar surface area (TPSA) is 53.0 Å². The van der Waals surface area contributed by atoms with Gasteiger partial charge in [0.05, 0.1) is 0 Å². The average molecular weight is 316 g/mol. The minimum Gasteiger partial charge on any atom is -0.368 e. The monoisotopic (exact) mass is 316 g/mol. The van der Waals surface area contributed by atoms with Gasteiger partial charge in [-0.3, -0.25) is 4.79 Å². The molecule has 0 aromatic rings. The van der Waals surface area contributed by atoms with Gasteiger partial charge in [-0.05, 0) is 53.2 Å². The van der Waals surface area contributed by atoms with Crippen LogP contribution in [0.5, 0.6) is 0 Å². The predicted molar refractivity (Wildman–Crippen MR) is 90.8 cm³/mol. The van der Waals surface area contributed by atoms with Crippen molar-refractivity contribution in [3.8, 4) is 0 Å². The van der Waals surface area contributed by atoms with Crippen molar-refractivity contribution in [1.82, 2.24) is 9.80 Å². The van der Waals surface area contributed by atoms with Crippen LogP contribution in [0.4, 0.5) is 0 Å². The molecule has 0 aromatic heterocycles. The lowest BCUT2D eigenvalue weighted by Gasteiger charge is -2.18. The summed E-state index contributed by atoms with van der Waals surface area (Å²) in [6.45, 7) is 4.31. The minimum atomic E-state index is -0.609. The van der Waals surface area contributed by atoms with Crippen molar-refractivity contribution in [3.05, 3.63) is 0 Å². The number of unbranched alkanes of at least 4 members (excludes halogenated alkanes) is 4.